The quantitative estimate of drug-likeness (QED) is 0.394. The third kappa shape index (κ3) is 4.87. The molecule has 1 N–H and O–H groups in total. The first-order valence-electron chi connectivity index (χ1n) is 8.04. The summed E-state index contributed by atoms with van der Waals surface area (Å²) in [5, 5.41) is 6.07. The fraction of sp³-hybridized carbons (Fsp3) is 0.100. The van der Waals surface area contributed by atoms with Crippen LogP contribution in [0.4, 0.5) is 0 Å². The van der Waals surface area contributed by atoms with Crippen LogP contribution in [0.15, 0.2) is 68.6 Å². The number of halogens is 2. The van der Waals surface area contributed by atoms with Gasteiger partial charge in [-0.25, -0.2) is 5.43 Å². The van der Waals surface area contributed by atoms with Gasteiger partial charge in [0.05, 0.1) is 17.8 Å². The number of carbonyl (C=O) groups excluding carboxylic acids is 1. The van der Waals surface area contributed by atoms with Crippen molar-refractivity contribution in [3.05, 3.63) is 69.1 Å². The molecule has 0 unspecified atom stereocenters. The minimum Gasteiger partial charge on any atom is -0.496 e. The Morgan fingerprint density at radius 1 is 1.11 bits per heavy atom. The summed E-state index contributed by atoms with van der Waals surface area (Å²) in [7, 11) is 1.58. The first kappa shape index (κ1) is 19.4. The van der Waals surface area contributed by atoms with Gasteiger partial charge in [0.15, 0.2) is 6.61 Å². The monoisotopic (exact) mass is 490 g/mol. The van der Waals surface area contributed by atoms with Gasteiger partial charge in [-0.05, 0) is 51.0 Å². The Hall–Kier alpha value is -2.38. The molecule has 0 heterocycles. The summed E-state index contributed by atoms with van der Waals surface area (Å²) in [5.41, 5.74) is 3.19. The molecule has 138 valence electrons. The van der Waals surface area contributed by atoms with Crippen LogP contribution in [0, 0.1) is 0 Å². The Kier molecular flexibility index (Phi) is 6.47. The molecule has 0 spiro atoms. The second kappa shape index (κ2) is 9.01. The molecule has 1 amide bonds. The average molecular weight is 492 g/mol. The number of methoxy groups -OCH3 is 1. The number of nitrogens with one attached hydrogen (secondary N) is 1. The van der Waals surface area contributed by atoms with E-state index in [0.29, 0.717) is 11.5 Å². The molecule has 0 aromatic heterocycles. The number of benzene rings is 3. The molecule has 0 fully saturated rings. The van der Waals surface area contributed by atoms with Crippen molar-refractivity contribution in [2.45, 2.75) is 0 Å². The summed E-state index contributed by atoms with van der Waals surface area (Å²) in [6.45, 7) is -0.149. The van der Waals surface area contributed by atoms with Crippen molar-refractivity contribution in [1.29, 1.82) is 0 Å². The highest BCUT2D eigenvalue weighted by Crippen LogP contribution is 2.32. The number of hydrogen-bond acceptors (Lipinski definition) is 4. The topological polar surface area (TPSA) is 59.9 Å². The average Bonchev–Trinajstić information content (AvgIpc) is 2.68. The third-order valence-corrected chi connectivity index (χ3v) is 5.08. The standard InChI is InChI=1S/C20H16Br2N2O3/c1-26-17-9-7-15(21)10-14(17)11-23-24-19(25)12-27-18-8-6-13-4-2-3-5-16(13)20(18)22/h2-11H,12H2,1H3,(H,24,25)/b23-11+. The number of hydrogen-bond donors (Lipinski definition) is 1. The summed E-state index contributed by atoms with van der Waals surface area (Å²) in [5.74, 6) is 0.898. The van der Waals surface area contributed by atoms with Gasteiger partial charge >= 0.3 is 0 Å². The number of ether oxygens (including phenoxy) is 2. The molecule has 3 aromatic carbocycles. The molecule has 0 atom stereocenters. The maximum atomic E-state index is 12.0. The lowest BCUT2D eigenvalue weighted by atomic mass is 10.1. The van der Waals surface area contributed by atoms with Crippen molar-refractivity contribution >= 4 is 54.8 Å². The first-order chi connectivity index (χ1) is 13.1. The van der Waals surface area contributed by atoms with Crippen molar-refractivity contribution in [3.8, 4) is 11.5 Å². The molecule has 3 rings (SSSR count). The Morgan fingerprint density at radius 3 is 2.70 bits per heavy atom. The van der Waals surface area contributed by atoms with Gasteiger partial charge in [-0.1, -0.05) is 46.3 Å². The van der Waals surface area contributed by atoms with Crippen LogP contribution in [0.3, 0.4) is 0 Å². The van der Waals surface area contributed by atoms with Crippen molar-refractivity contribution in [1.82, 2.24) is 5.43 Å². The second-order valence-corrected chi connectivity index (χ2v) is 7.28. The highest BCUT2D eigenvalue weighted by molar-refractivity contribution is 9.11. The maximum absolute atomic E-state index is 12.0. The van der Waals surface area contributed by atoms with E-state index < -0.39 is 0 Å². The zero-order valence-electron chi connectivity index (χ0n) is 14.4. The molecule has 0 aliphatic heterocycles. The van der Waals surface area contributed by atoms with Crippen LogP contribution in [0.5, 0.6) is 11.5 Å². The molecule has 0 radical (unpaired) electrons. The highest BCUT2D eigenvalue weighted by Gasteiger charge is 2.08. The van der Waals surface area contributed by atoms with Gasteiger partial charge in [0.25, 0.3) is 5.91 Å². The van der Waals surface area contributed by atoms with Gasteiger partial charge in [0, 0.05) is 10.0 Å². The molecule has 0 saturated carbocycles. The van der Waals surface area contributed by atoms with Crippen molar-refractivity contribution in [2.75, 3.05) is 13.7 Å². The minimum atomic E-state index is -0.361. The normalized spacial score (nSPS) is 10.9. The van der Waals surface area contributed by atoms with Crippen LogP contribution in [0.2, 0.25) is 0 Å². The summed E-state index contributed by atoms with van der Waals surface area (Å²) in [4.78, 5) is 12.0. The van der Waals surface area contributed by atoms with Crippen LogP contribution in [-0.2, 0) is 4.79 Å². The molecule has 0 saturated heterocycles. The maximum Gasteiger partial charge on any atom is 0.277 e. The number of rotatable bonds is 6. The van der Waals surface area contributed by atoms with E-state index in [2.05, 4.69) is 42.4 Å². The molecule has 0 aliphatic carbocycles. The number of carbonyl (C=O) groups is 1. The smallest absolute Gasteiger partial charge is 0.277 e. The summed E-state index contributed by atoms with van der Waals surface area (Å²) < 4.78 is 12.6. The molecular weight excluding hydrogens is 476 g/mol. The largest absolute Gasteiger partial charge is 0.496 e. The third-order valence-electron chi connectivity index (χ3n) is 3.77. The lowest BCUT2D eigenvalue weighted by molar-refractivity contribution is -0.123. The van der Waals surface area contributed by atoms with E-state index in [1.165, 1.54) is 6.21 Å². The zero-order valence-corrected chi connectivity index (χ0v) is 17.6. The van der Waals surface area contributed by atoms with E-state index in [-0.39, 0.29) is 12.5 Å². The predicted molar refractivity (Wildman–Crippen MR) is 114 cm³/mol. The Morgan fingerprint density at radius 2 is 1.89 bits per heavy atom. The van der Waals surface area contributed by atoms with Crippen molar-refractivity contribution in [3.63, 3.8) is 0 Å². The van der Waals surface area contributed by atoms with Crippen LogP contribution in [0.25, 0.3) is 10.8 Å². The Balaban J connectivity index is 1.61. The fourth-order valence-corrected chi connectivity index (χ4v) is 3.47. The van der Waals surface area contributed by atoms with Gasteiger partial charge in [0.1, 0.15) is 11.5 Å². The SMILES string of the molecule is COc1ccc(Br)cc1/C=N/NC(=O)COc1ccc2ccccc2c1Br. The van der Waals surface area contributed by atoms with Gasteiger partial charge in [-0.15, -0.1) is 0 Å². The lowest BCUT2D eigenvalue weighted by Gasteiger charge is -2.09. The molecule has 0 aliphatic rings. The number of nitrogens with zero attached hydrogens (tertiary/aromatic N) is 1. The Labute approximate surface area is 173 Å². The van der Waals surface area contributed by atoms with Crippen LogP contribution < -0.4 is 14.9 Å². The van der Waals surface area contributed by atoms with Gasteiger partial charge in [-0.2, -0.15) is 5.10 Å². The fourth-order valence-electron chi connectivity index (χ4n) is 2.48. The van der Waals surface area contributed by atoms with Crippen LogP contribution >= 0.6 is 31.9 Å². The van der Waals surface area contributed by atoms with Crippen LogP contribution in [0.1, 0.15) is 5.56 Å². The second-order valence-electron chi connectivity index (χ2n) is 5.57. The number of hydrazone groups is 1. The van der Waals surface area contributed by atoms with E-state index in [1.54, 1.807) is 7.11 Å². The first-order valence-corrected chi connectivity index (χ1v) is 9.62. The summed E-state index contributed by atoms with van der Waals surface area (Å²) >= 11 is 6.93. The predicted octanol–water partition coefficient (Wildman–Crippen LogP) is 4.90. The van der Waals surface area contributed by atoms with E-state index in [1.807, 2.05) is 54.6 Å². The molecule has 5 nitrogen and oxygen atoms in total. The molecule has 27 heavy (non-hydrogen) atoms. The zero-order chi connectivity index (χ0) is 19.2. The Bertz CT molecular complexity index is 1010. The van der Waals surface area contributed by atoms with Gasteiger partial charge in [-0.3, -0.25) is 4.79 Å². The molecule has 0 bridgehead atoms. The number of amides is 1. The number of fused-ring (bicyclic) bond motifs is 1. The van der Waals surface area contributed by atoms with Crippen molar-refractivity contribution < 1.29 is 14.3 Å². The summed E-state index contributed by atoms with van der Waals surface area (Å²) in [6.07, 6.45) is 1.52. The van der Waals surface area contributed by atoms with Crippen LogP contribution in [-0.4, -0.2) is 25.8 Å². The summed E-state index contributed by atoms with van der Waals surface area (Å²) in [6, 6.07) is 17.2. The van der Waals surface area contributed by atoms with E-state index in [4.69, 9.17) is 9.47 Å². The molecular formula is C20H16Br2N2O3. The van der Waals surface area contributed by atoms with Gasteiger partial charge < -0.3 is 9.47 Å². The molecule has 3 aromatic rings. The molecule has 7 heteroatoms. The van der Waals surface area contributed by atoms with Crippen molar-refractivity contribution in [2.24, 2.45) is 5.10 Å². The highest BCUT2D eigenvalue weighted by atomic mass is 79.9. The van der Waals surface area contributed by atoms with Gasteiger partial charge in [0.2, 0.25) is 0 Å². The van der Waals surface area contributed by atoms with E-state index >= 15 is 0 Å². The van der Waals surface area contributed by atoms with E-state index in [0.717, 1.165) is 25.3 Å². The van der Waals surface area contributed by atoms with E-state index in [9.17, 15) is 4.79 Å². The minimum absolute atomic E-state index is 0.149. The lowest BCUT2D eigenvalue weighted by Crippen LogP contribution is -2.24.